The molecule has 0 fully saturated rings. The minimum atomic E-state index is -0.254. The van der Waals surface area contributed by atoms with E-state index in [1.54, 1.807) is 31.4 Å². The van der Waals surface area contributed by atoms with Gasteiger partial charge in [0.2, 0.25) is 0 Å². The van der Waals surface area contributed by atoms with Crippen molar-refractivity contribution in [1.82, 2.24) is 10.6 Å². The number of rotatable bonds is 7. The summed E-state index contributed by atoms with van der Waals surface area (Å²) < 4.78 is 10.9. The van der Waals surface area contributed by atoms with Gasteiger partial charge in [-0.3, -0.25) is 0 Å². The molecule has 1 atom stereocenters. The van der Waals surface area contributed by atoms with Gasteiger partial charge in [0.15, 0.2) is 0 Å². The molecule has 0 spiro atoms. The van der Waals surface area contributed by atoms with Crippen LogP contribution in [0.1, 0.15) is 24.1 Å². The second-order valence-electron chi connectivity index (χ2n) is 5.67. The lowest BCUT2D eigenvalue weighted by Gasteiger charge is -2.18. The Kier molecular flexibility index (Phi) is 6.95. The molecule has 0 aliphatic rings. The summed E-state index contributed by atoms with van der Waals surface area (Å²) in [6, 6.07) is 12.5. The van der Waals surface area contributed by atoms with Gasteiger partial charge in [-0.05, 0) is 44.2 Å². The van der Waals surface area contributed by atoms with Crippen LogP contribution in [-0.4, -0.2) is 26.3 Å². The van der Waals surface area contributed by atoms with E-state index in [0.29, 0.717) is 23.9 Å². The van der Waals surface area contributed by atoms with Gasteiger partial charge in [-0.1, -0.05) is 29.3 Å². The third-order valence-electron chi connectivity index (χ3n) is 3.67. The van der Waals surface area contributed by atoms with E-state index in [2.05, 4.69) is 10.6 Å². The van der Waals surface area contributed by atoms with Gasteiger partial charge in [-0.25, -0.2) is 4.79 Å². The largest absolute Gasteiger partial charge is 0.496 e. The van der Waals surface area contributed by atoms with Crippen LogP contribution in [0.4, 0.5) is 4.79 Å². The molecule has 2 aromatic rings. The second-order valence-corrected chi connectivity index (χ2v) is 6.11. The van der Waals surface area contributed by atoms with E-state index in [4.69, 9.17) is 21.1 Å². The number of methoxy groups -OCH3 is 1. The number of nitrogens with one attached hydrogen (secondary N) is 2. The number of aryl methyl sites for hydroxylation is 1. The average Bonchev–Trinajstić information content (AvgIpc) is 2.60. The van der Waals surface area contributed by atoms with Crippen molar-refractivity contribution in [1.29, 1.82) is 0 Å². The van der Waals surface area contributed by atoms with Gasteiger partial charge in [0.1, 0.15) is 18.1 Å². The third-order valence-corrected chi connectivity index (χ3v) is 3.92. The smallest absolute Gasteiger partial charge is 0.315 e. The first-order valence-corrected chi connectivity index (χ1v) is 8.44. The zero-order chi connectivity index (χ0) is 18.2. The number of urea groups is 1. The fourth-order valence-corrected chi connectivity index (χ4v) is 2.51. The van der Waals surface area contributed by atoms with Crippen LogP contribution in [0.2, 0.25) is 5.02 Å². The summed E-state index contributed by atoms with van der Waals surface area (Å²) in [5.41, 5.74) is 2.05. The van der Waals surface area contributed by atoms with Crippen molar-refractivity contribution in [3.63, 3.8) is 0 Å². The molecule has 0 aromatic heterocycles. The topological polar surface area (TPSA) is 59.6 Å². The van der Waals surface area contributed by atoms with E-state index in [-0.39, 0.29) is 12.1 Å². The van der Waals surface area contributed by atoms with Crippen LogP contribution in [0.25, 0.3) is 0 Å². The minimum absolute atomic E-state index is 0.174. The standard InChI is InChI=1S/C19H23ClN2O3/c1-13-4-9-18(24-3)17(12-13)14(2)22-19(23)21-10-11-25-16-7-5-15(20)6-8-16/h4-9,12,14H,10-11H2,1-3H3,(H2,21,22,23)/t14-/m1/s1. The Balaban J connectivity index is 1.78. The predicted octanol–water partition coefficient (Wildman–Crippen LogP) is 4.10. The Labute approximate surface area is 153 Å². The predicted molar refractivity (Wildman–Crippen MR) is 99.6 cm³/mol. The quantitative estimate of drug-likeness (QED) is 0.729. The number of benzene rings is 2. The lowest BCUT2D eigenvalue weighted by atomic mass is 10.0. The highest BCUT2D eigenvalue weighted by molar-refractivity contribution is 6.30. The van der Waals surface area contributed by atoms with E-state index in [0.717, 1.165) is 16.9 Å². The number of carbonyl (C=O) groups is 1. The summed E-state index contributed by atoms with van der Waals surface area (Å²) in [4.78, 5) is 12.0. The van der Waals surface area contributed by atoms with Crippen molar-refractivity contribution in [2.75, 3.05) is 20.3 Å². The third kappa shape index (κ3) is 5.87. The van der Waals surface area contributed by atoms with Crippen molar-refractivity contribution in [2.24, 2.45) is 0 Å². The van der Waals surface area contributed by atoms with Crippen molar-refractivity contribution in [3.05, 3.63) is 58.6 Å². The van der Waals surface area contributed by atoms with Crippen LogP contribution in [0.5, 0.6) is 11.5 Å². The minimum Gasteiger partial charge on any atom is -0.496 e. The van der Waals surface area contributed by atoms with Crippen molar-refractivity contribution >= 4 is 17.6 Å². The van der Waals surface area contributed by atoms with Gasteiger partial charge in [-0.2, -0.15) is 0 Å². The molecule has 134 valence electrons. The van der Waals surface area contributed by atoms with Gasteiger partial charge >= 0.3 is 6.03 Å². The first-order chi connectivity index (χ1) is 12.0. The molecule has 0 radical (unpaired) electrons. The zero-order valence-electron chi connectivity index (χ0n) is 14.6. The zero-order valence-corrected chi connectivity index (χ0v) is 15.4. The van der Waals surface area contributed by atoms with Crippen LogP contribution in [0, 0.1) is 6.92 Å². The van der Waals surface area contributed by atoms with Crippen LogP contribution < -0.4 is 20.1 Å². The molecule has 0 saturated heterocycles. The molecule has 2 amide bonds. The van der Waals surface area contributed by atoms with Crippen molar-refractivity contribution in [2.45, 2.75) is 19.9 Å². The number of carbonyl (C=O) groups excluding carboxylic acids is 1. The van der Waals surface area contributed by atoms with Gasteiger partial charge in [0.05, 0.1) is 19.7 Å². The second kappa shape index (κ2) is 9.18. The molecule has 0 heterocycles. The molecule has 2 aromatic carbocycles. The molecule has 0 aliphatic carbocycles. The fraction of sp³-hybridized carbons (Fsp3) is 0.316. The van der Waals surface area contributed by atoms with E-state index in [1.165, 1.54) is 0 Å². The van der Waals surface area contributed by atoms with Crippen LogP contribution >= 0.6 is 11.6 Å². The molecule has 0 unspecified atom stereocenters. The maximum Gasteiger partial charge on any atom is 0.315 e. The summed E-state index contributed by atoms with van der Waals surface area (Å²) >= 11 is 5.82. The molecule has 0 aliphatic heterocycles. The first-order valence-electron chi connectivity index (χ1n) is 8.07. The van der Waals surface area contributed by atoms with E-state index in [1.807, 2.05) is 32.0 Å². The lowest BCUT2D eigenvalue weighted by molar-refractivity contribution is 0.233. The highest BCUT2D eigenvalue weighted by atomic mass is 35.5. The Morgan fingerprint density at radius 1 is 1.20 bits per heavy atom. The van der Waals surface area contributed by atoms with Crippen molar-refractivity contribution in [3.8, 4) is 11.5 Å². The number of ether oxygens (including phenoxy) is 2. The highest BCUT2D eigenvalue weighted by Crippen LogP contribution is 2.25. The summed E-state index contributed by atoms with van der Waals surface area (Å²) in [7, 11) is 1.62. The number of hydrogen-bond acceptors (Lipinski definition) is 3. The van der Waals surface area contributed by atoms with Crippen LogP contribution in [0.3, 0.4) is 0 Å². The Morgan fingerprint density at radius 2 is 1.92 bits per heavy atom. The SMILES string of the molecule is COc1ccc(C)cc1[C@@H](C)NC(=O)NCCOc1ccc(Cl)cc1. The summed E-state index contributed by atoms with van der Waals surface area (Å²) in [6.07, 6.45) is 0. The summed E-state index contributed by atoms with van der Waals surface area (Å²) in [5, 5.41) is 6.33. The first kappa shape index (κ1) is 18.9. The number of amides is 2. The molecular formula is C19H23ClN2O3. The molecule has 0 bridgehead atoms. The van der Waals surface area contributed by atoms with Gasteiger partial charge in [0, 0.05) is 10.6 Å². The Morgan fingerprint density at radius 3 is 2.60 bits per heavy atom. The molecule has 25 heavy (non-hydrogen) atoms. The maximum atomic E-state index is 12.0. The summed E-state index contributed by atoms with van der Waals surface area (Å²) in [5.74, 6) is 1.47. The molecular weight excluding hydrogens is 340 g/mol. The van der Waals surface area contributed by atoms with Crippen molar-refractivity contribution < 1.29 is 14.3 Å². The maximum absolute atomic E-state index is 12.0. The fourth-order valence-electron chi connectivity index (χ4n) is 2.38. The number of halogens is 1. The summed E-state index contributed by atoms with van der Waals surface area (Å²) in [6.45, 7) is 4.69. The van der Waals surface area contributed by atoms with Crippen LogP contribution in [-0.2, 0) is 0 Å². The van der Waals surface area contributed by atoms with Gasteiger partial charge in [0.25, 0.3) is 0 Å². The van der Waals surface area contributed by atoms with Gasteiger partial charge < -0.3 is 20.1 Å². The van der Waals surface area contributed by atoms with Crippen LogP contribution in [0.15, 0.2) is 42.5 Å². The molecule has 5 nitrogen and oxygen atoms in total. The van der Waals surface area contributed by atoms with E-state index < -0.39 is 0 Å². The normalized spacial score (nSPS) is 11.5. The lowest BCUT2D eigenvalue weighted by Crippen LogP contribution is -2.39. The Bertz CT molecular complexity index is 704. The monoisotopic (exact) mass is 362 g/mol. The highest BCUT2D eigenvalue weighted by Gasteiger charge is 2.14. The van der Waals surface area contributed by atoms with E-state index in [9.17, 15) is 4.79 Å². The average molecular weight is 363 g/mol. The molecule has 2 N–H and O–H groups in total. The molecule has 0 saturated carbocycles. The molecule has 6 heteroatoms. The Hall–Kier alpha value is -2.40. The molecule has 2 rings (SSSR count). The van der Waals surface area contributed by atoms with Gasteiger partial charge in [-0.15, -0.1) is 0 Å². The number of hydrogen-bond donors (Lipinski definition) is 2. The van der Waals surface area contributed by atoms with E-state index >= 15 is 0 Å².